The number of carbonyl (C=O) groups is 1. The first-order valence-electron chi connectivity index (χ1n) is 5.69. The first-order valence-corrected chi connectivity index (χ1v) is 6.06. The third-order valence-electron chi connectivity index (χ3n) is 2.66. The molecule has 0 radical (unpaired) electrons. The molecule has 1 aromatic rings. The van der Waals surface area contributed by atoms with Gasteiger partial charge < -0.3 is 15.6 Å². The van der Waals surface area contributed by atoms with E-state index in [1.165, 1.54) is 0 Å². The van der Waals surface area contributed by atoms with E-state index in [0.29, 0.717) is 11.4 Å². The van der Waals surface area contributed by atoms with Gasteiger partial charge in [0.25, 0.3) is 0 Å². The van der Waals surface area contributed by atoms with Gasteiger partial charge in [0.15, 0.2) is 0 Å². The summed E-state index contributed by atoms with van der Waals surface area (Å²) in [6, 6.07) is 7.27. The van der Waals surface area contributed by atoms with Crippen LogP contribution < -0.4 is 5.73 Å². The molecule has 0 fully saturated rings. The van der Waals surface area contributed by atoms with Crippen molar-refractivity contribution >= 4 is 17.7 Å². The molecule has 0 saturated carbocycles. The predicted molar refractivity (Wildman–Crippen MR) is 70.6 cm³/mol. The third-order valence-corrected chi connectivity index (χ3v) is 2.89. The van der Waals surface area contributed by atoms with Crippen LogP contribution in [-0.4, -0.2) is 23.4 Å². The maximum Gasteiger partial charge on any atom is 0.405 e. The van der Waals surface area contributed by atoms with E-state index in [0.717, 1.165) is 5.56 Å². The highest BCUT2D eigenvalue weighted by atomic mass is 35.5. The van der Waals surface area contributed by atoms with Gasteiger partial charge in [-0.2, -0.15) is 0 Å². The lowest BCUT2D eigenvalue weighted by Crippen LogP contribution is -2.33. The smallest absolute Gasteiger partial charge is 0.405 e. The van der Waals surface area contributed by atoms with Gasteiger partial charge in [-0.15, -0.1) is 0 Å². The van der Waals surface area contributed by atoms with Gasteiger partial charge in [-0.1, -0.05) is 23.7 Å². The fraction of sp³-hybridized carbons (Fsp3) is 0.462. The van der Waals surface area contributed by atoms with Crippen LogP contribution in [0.4, 0.5) is 4.79 Å². The van der Waals surface area contributed by atoms with Gasteiger partial charge in [0.05, 0.1) is 6.61 Å². The number of ether oxygens (including phenoxy) is 1. The van der Waals surface area contributed by atoms with Gasteiger partial charge in [-0.25, -0.2) is 4.79 Å². The molecule has 3 N–H and O–H groups in total. The minimum absolute atomic E-state index is 0.0497. The summed E-state index contributed by atoms with van der Waals surface area (Å²) in [6.07, 6.45) is -0.352. The van der Waals surface area contributed by atoms with Crippen LogP contribution in [0.15, 0.2) is 24.3 Å². The number of carbonyl (C=O) groups excluding carboxylic acids is 1. The van der Waals surface area contributed by atoms with E-state index >= 15 is 0 Å². The summed E-state index contributed by atoms with van der Waals surface area (Å²) in [5.41, 5.74) is 5.19. The summed E-state index contributed by atoms with van der Waals surface area (Å²) >= 11 is 5.91. The summed E-state index contributed by atoms with van der Waals surface area (Å²) < 4.78 is 5.02. The van der Waals surface area contributed by atoms with Gasteiger partial charge >= 0.3 is 6.09 Å². The number of hydrogen-bond acceptors (Lipinski definition) is 3. The van der Waals surface area contributed by atoms with Crippen LogP contribution in [0.5, 0.6) is 0 Å². The second kappa shape index (κ2) is 6.07. The van der Waals surface area contributed by atoms with Gasteiger partial charge in [0.1, 0.15) is 5.60 Å². The molecule has 0 aromatic heterocycles. The molecule has 0 aliphatic heterocycles. The van der Waals surface area contributed by atoms with Crippen molar-refractivity contribution in [1.82, 2.24) is 0 Å². The lowest BCUT2D eigenvalue weighted by atomic mass is 9.88. The number of nitrogens with two attached hydrogens (primary N) is 1. The van der Waals surface area contributed by atoms with Crippen molar-refractivity contribution in [3.8, 4) is 0 Å². The molecule has 0 spiro atoms. The zero-order chi connectivity index (χ0) is 13.8. The molecular weight excluding hydrogens is 254 g/mol. The van der Waals surface area contributed by atoms with E-state index in [9.17, 15) is 9.90 Å². The zero-order valence-electron chi connectivity index (χ0n) is 10.5. The van der Waals surface area contributed by atoms with E-state index in [1.54, 1.807) is 26.0 Å². The van der Waals surface area contributed by atoms with Gasteiger partial charge in [0.2, 0.25) is 0 Å². The van der Waals surface area contributed by atoms with Crippen molar-refractivity contribution in [2.45, 2.75) is 31.8 Å². The van der Waals surface area contributed by atoms with Crippen LogP contribution in [-0.2, 0) is 4.74 Å². The number of primary amides is 1. The average Bonchev–Trinajstić information content (AvgIpc) is 2.24. The standard InChI is InChI=1S/C13H18ClNO3/c1-13(2,18-12(15)17)7-10(8-16)9-4-3-5-11(14)6-9/h3-6,10,16H,7-8H2,1-2H3,(H2,15,17)/t10-/m0/s1. The van der Waals surface area contributed by atoms with Crippen LogP contribution in [0.3, 0.4) is 0 Å². The summed E-state index contributed by atoms with van der Waals surface area (Å²) in [6.45, 7) is 3.46. The number of amides is 1. The Bertz CT molecular complexity index is 420. The molecule has 1 amide bonds. The first kappa shape index (κ1) is 14.8. The van der Waals surface area contributed by atoms with Crippen LogP contribution in [0.1, 0.15) is 31.7 Å². The number of rotatable bonds is 5. The second-order valence-corrected chi connectivity index (χ2v) is 5.26. The monoisotopic (exact) mass is 271 g/mol. The van der Waals surface area contributed by atoms with E-state index in [2.05, 4.69) is 0 Å². The minimum Gasteiger partial charge on any atom is -0.444 e. The summed E-state index contributed by atoms with van der Waals surface area (Å²) in [7, 11) is 0. The quantitative estimate of drug-likeness (QED) is 0.865. The molecular formula is C13H18ClNO3. The van der Waals surface area contributed by atoms with Crippen molar-refractivity contribution in [3.63, 3.8) is 0 Å². The van der Waals surface area contributed by atoms with Crippen molar-refractivity contribution in [2.24, 2.45) is 5.73 Å². The number of halogens is 1. The average molecular weight is 272 g/mol. The minimum atomic E-state index is -0.817. The molecule has 0 aliphatic rings. The third kappa shape index (κ3) is 4.55. The molecule has 0 aliphatic carbocycles. The summed E-state index contributed by atoms with van der Waals surface area (Å²) in [4.78, 5) is 10.8. The largest absolute Gasteiger partial charge is 0.444 e. The Morgan fingerprint density at radius 2 is 2.22 bits per heavy atom. The van der Waals surface area contributed by atoms with E-state index in [-0.39, 0.29) is 12.5 Å². The maximum atomic E-state index is 10.8. The normalized spacial score (nSPS) is 13.1. The van der Waals surface area contributed by atoms with Crippen molar-refractivity contribution in [3.05, 3.63) is 34.9 Å². The topological polar surface area (TPSA) is 72.6 Å². The lowest BCUT2D eigenvalue weighted by molar-refractivity contribution is 0.0285. The molecule has 1 aromatic carbocycles. The zero-order valence-corrected chi connectivity index (χ0v) is 11.3. The first-order chi connectivity index (χ1) is 8.34. The van der Waals surface area contributed by atoms with Crippen LogP contribution in [0.25, 0.3) is 0 Å². The number of aliphatic hydroxyl groups excluding tert-OH is 1. The Labute approximate surface area is 112 Å². The molecule has 0 saturated heterocycles. The Balaban J connectivity index is 2.82. The Morgan fingerprint density at radius 3 is 2.72 bits per heavy atom. The van der Waals surface area contributed by atoms with Crippen LogP contribution in [0, 0.1) is 0 Å². The molecule has 0 heterocycles. The Morgan fingerprint density at radius 1 is 1.56 bits per heavy atom. The fourth-order valence-corrected chi connectivity index (χ4v) is 2.15. The highest BCUT2D eigenvalue weighted by molar-refractivity contribution is 6.30. The lowest BCUT2D eigenvalue weighted by Gasteiger charge is -2.28. The SMILES string of the molecule is CC(C)(C[C@@H](CO)c1cccc(Cl)c1)OC(N)=O. The van der Waals surface area contributed by atoms with Crippen LogP contribution in [0.2, 0.25) is 5.02 Å². The highest BCUT2D eigenvalue weighted by Crippen LogP contribution is 2.29. The van der Waals surface area contributed by atoms with Crippen molar-refractivity contribution in [1.29, 1.82) is 0 Å². The number of aliphatic hydroxyl groups is 1. The van der Waals surface area contributed by atoms with E-state index in [4.69, 9.17) is 22.1 Å². The molecule has 5 heteroatoms. The van der Waals surface area contributed by atoms with E-state index in [1.807, 2.05) is 12.1 Å². The van der Waals surface area contributed by atoms with Crippen LogP contribution >= 0.6 is 11.6 Å². The van der Waals surface area contributed by atoms with Crippen molar-refractivity contribution < 1.29 is 14.6 Å². The van der Waals surface area contributed by atoms with Gasteiger partial charge in [0, 0.05) is 10.9 Å². The molecule has 100 valence electrons. The predicted octanol–water partition coefficient (Wildman–Crippen LogP) is 2.68. The maximum absolute atomic E-state index is 10.8. The molecule has 0 bridgehead atoms. The number of hydrogen-bond donors (Lipinski definition) is 2. The Hall–Kier alpha value is -1.26. The number of benzene rings is 1. The van der Waals surface area contributed by atoms with Crippen molar-refractivity contribution in [2.75, 3.05) is 6.61 Å². The highest BCUT2D eigenvalue weighted by Gasteiger charge is 2.27. The molecule has 0 unspecified atom stereocenters. The molecule has 18 heavy (non-hydrogen) atoms. The molecule has 4 nitrogen and oxygen atoms in total. The van der Waals surface area contributed by atoms with Gasteiger partial charge in [-0.05, 0) is 38.0 Å². The second-order valence-electron chi connectivity index (χ2n) is 4.82. The molecule has 1 atom stereocenters. The van der Waals surface area contributed by atoms with Gasteiger partial charge in [-0.3, -0.25) is 0 Å². The summed E-state index contributed by atoms with van der Waals surface area (Å²) in [5.74, 6) is -0.155. The summed E-state index contributed by atoms with van der Waals surface area (Å²) in [5, 5.41) is 10.1. The fourth-order valence-electron chi connectivity index (χ4n) is 1.96. The molecule has 1 rings (SSSR count). The Kier molecular flexibility index (Phi) is 4.99. The van der Waals surface area contributed by atoms with E-state index < -0.39 is 11.7 Å².